The summed E-state index contributed by atoms with van der Waals surface area (Å²) in [6.07, 6.45) is 1.32. The van der Waals surface area contributed by atoms with Crippen LogP contribution in [-0.4, -0.2) is 24.6 Å². The van der Waals surface area contributed by atoms with Gasteiger partial charge in [0.1, 0.15) is 5.82 Å². The average molecular weight is 313 g/mol. The maximum atomic E-state index is 13.0. The van der Waals surface area contributed by atoms with Crippen molar-refractivity contribution in [2.24, 2.45) is 5.10 Å². The number of halogens is 1. The molecular formula is C17H16FN3O2. The van der Waals surface area contributed by atoms with Gasteiger partial charge in [-0.05, 0) is 36.8 Å². The molecule has 0 radical (unpaired) electrons. The largest absolute Gasteiger partial charge is 0.343 e. The molecule has 0 saturated heterocycles. The van der Waals surface area contributed by atoms with Crippen LogP contribution >= 0.6 is 0 Å². The van der Waals surface area contributed by atoms with Gasteiger partial charge < -0.3 is 5.32 Å². The fourth-order valence-corrected chi connectivity index (χ4v) is 1.85. The minimum absolute atomic E-state index is 0.201. The highest BCUT2D eigenvalue weighted by atomic mass is 19.1. The SMILES string of the molecule is Cc1cccc(C(=O)NCC(=O)N/N=C/c2cccc(F)c2)c1. The van der Waals surface area contributed by atoms with E-state index < -0.39 is 5.91 Å². The summed E-state index contributed by atoms with van der Waals surface area (Å²) in [6, 6.07) is 12.8. The van der Waals surface area contributed by atoms with Gasteiger partial charge in [0.15, 0.2) is 0 Å². The van der Waals surface area contributed by atoms with E-state index in [0.29, 0.717) is 11.1 Å². The minimum atomic E-state index is -0.473. The molecule has 0 aromatic heterocycles. The number of hydrogen-bond acceptors (Lipinski definition) is 3. The number of amides is 2. The molecule has 0 aliphatic rings. The lowest BCUT2D eigenvalue weighted by molar-refractivity contribution is -0.120. The molecule has 2 amide bonds. The third kappa shape index (κ3) is 5.35. The molecule has 0 aliphatic carbocycles. The third-order valence-corrected chi connectivity index (χ3v) is 2.94. The number of hydrazone groups is 1. The Morgan fingerprint density at radius 2 is 1.96 bits per heavy atom. The second kappa shape index (κ2) is 7.84. The van der Waals surface area contributed by atoms with Crippen molar-refractivity contribution in [1.29, 1.82) is 0 Å². The van der Waals surface area contributed by atoms with E-state index in [1.165, 1.54) is 18.3 Å². The number of benzene rings is 2. The molecule has 0 bridgehead atoms. The number of nitrogens with zero attached hydrogens (tertiary/aromatic N) is 1. The smallest absolute Gasteiger partial charge is 0.259 e. The molecule has 0 fully saturated rings. The van der Waals surface area contributed by atoms with Crippen LogP contribution in [0.2, 0.25) is 0 Å². The second-order valence-electron chi connectivity index (χ2n) is 4.90. The first-order chi connectivity index (χ1) is 11.0. The van der Waals surface area contributed by atoms with E-state index >= 15 is 0 Å². The summed E-state index contributed by atoms with van der Waals surface area (Å²) in [4.78, 5) is 23.5. The van der Waals surface area contributed by atoms with Gasteiger partial charge in [-0.2, -0.15) is 5.10 Å². The normalized spacial score (nSPS) is 10.5. The van der Waals surface area contributed by atoms with Crippen molar-refractivity contribution in [3.63, 3.8) is 0 Å². The molecule has 0 spiro atoms. The topological polar surface area (TPSA) is 70.6 Å². The van der Waals surface area contributed by atoms with Gasteiger partial charge in [-0.3, -0.25) is 9.59 Å². The number of hydrogen-bond donors (Lipinski definition) is 2. The quantitative estimate of drug-likeness (QED) is 0.655. The lowest BCUT2D eigenvalue weighted by Crippen LogP contribution is -2.34. The zero-order valence-electron chi connectivity index (χ0n) is 12.5. The Labute approximate surface area is 133 Å². The molecule has 5 nitrogen and oxygen atoms in total. The van der Waals surface area contributed by atoms with Gasteiger partial charge in [0, 0.05) is 5.56 Å². The van der Waals surface area contributed by atoms with Crippen molar-refractivity contribution in [2.45, 2.75) is 6.92 Å². The lowest BCUT2D eigenvalue weighted by Gasteiger charge is -2.04. The van der Waals surface area contributed by atoms with Gasteiger partial charge in [-0.25, -0.2) is 9.82 Å². The molecule has 2 aromatic rings. The van der Waals surface area contributed by atoms with E-state index in [0.717, 1.165) is 5.56 Å². The zero-order chi connectivity index (χ0) is 16.7. The maximum absolute atomic E-state index is 13.0. The number of carbonyl (C=O) groups is 2. The van der Waals surface area contributed by atoms with Gasteiger partial charge >= 0.3 is 0 Å². The van der Waals surface area contributed by atoms with Gasteiger partial charge in [0.2, 0.25) is 0 Å². The Balaban J connectivity index is 1.80. The Hall–Kier alpha value is -3.02. The molecule has 0 saturated carbocycles. The van der Waals surface area contributed by atoms with E-state index in [1.807, 2.05) is 13.0 Å². The number of rotatable bonds is 5. The summed E-state index contributed by atoms with van der Waals surface area (Å²) in [6.45, 7) is 1.68. The number of carbonyl (C=O) groups excluding carboxylic acids is 2. The predicted octanol–water partition coefficient (Wildman–Crippen LogP) is 2.01. The van der Waals surface area contributed by atoms with Crippen LogP contribution in [0.4, 0.5) is 4.39 Å². The van der Waals surface area contributed by atoms with E-state index in [2.05, 4.69) is 15.8 Å². The second-order valence-corrected chi connectivity index (χ2v) is 4.90. The molecular weight excluding hydrogens is 297 g/mol. The first-order valence-corrected chi connectivity index (χ1v) is 6.97. The summed E-state index contributed by atoms with van der Waals surface area (Å²) in [5.41, 5.74) is 4.23. The summed E-state index contributed by atoms with van der Waals surface area (Å²) >= 11 is 0. The van der Waals surface area contributed by atoms with Crippen LogP contribution in [0.25, 0.3) is 0 Å². The summed E-state index contributed by atoms with van der Waals surface area (Å²) in [7, 11) is 0. The van der Waals surface area contributed by atoms with E-state index in [1.54, 1.807) is 30.3 Å². The monoisotopic (exact) mass is 313 g/mol. The van der Waals surface area contributed by atoms with Crippen molar-refractivity contribution < 1.29 is 14.0 Å². The Bertz CT molecular complexity index is 744. The van der Waals surface area contributed by atoms with Gasteiger partial charge in [-0.1, -0.05) is 29.8 Å². The molecule has 0 unspecified atom stereocenters. The summed E-state index contributed by atoms with van der Waals surface area (Å²) in [5.74, 6) is -1.19. The fourth-order valence-electron chi connectivity index (χ4n) is 1.85. The predicted molar refractivity (Wildman–Crippen MR) is 85.6 cm³/mol. The van der Waals surface area contributed by atoms with Gasteiger partial charge in [-0.15, -0.1) is 0 Å². The van der Waals surface area contributed by atoms with Gasteiger partial charge in [0.25, 0.3) is 11.8 Å². The number of nitrogens with one attached hydrogen (secondary N) is 2. The first-order valence-electron chi connectivity index (χ1n) is 6.97. The first kappa shape index (κ1) is 16.4. The summed E-state index contributed by atoms with van der Waals surface area (Å²) < 4.78 is 13.0. The van der Waals surface area contributed by atoms with E-state index in [9.17, 15) is 14.0 Å². The number of aryl methyl sites for hydroxylation is 1. The molecule has 0 heterocycles. The highest BCUT2D eigenvalue weighted by molar-refractivity contribution is 5.96. The Kier molecular flexibility index (Phi) is 5.57. The van der Waals surface area contributed by atoms with Crippen molar-refractivity contribution >= 4 is 18.0 Å². The van der Waals surface area contributed by atoms with Crippen molar-refractivity contribution in [3.05, 3.63) is 71.0 Å². The molecule has 0 aliphatic heterocycles. The molecule has 0 atom stereocenters. The van der Waals surface area contributed by atoms with Crippen LogP contribution in [0.3, 0.4) is 0 Å². The molecule has 2 rings (SSSR count). The molecule has 6 heteroatoms. The maximum Gasteiger partial charge on any atom is 0.259 e. The Morgan fingerprint density at radius 3 is 2.70 bits per heavy atom. The standard InChI is InChI=1S/C17H16FN3O2/c1-12-4-2-6-14(8-12)17(23)19-11-16(22)21-20-10-13-5-3-7-15(18)9-13/h2-10H,11H2,1H3,(H,19,23)(H,21,22)/b20-10+. The van der Waals surface area contributed by atoms with Crippen molar-refractivity contribution in [1.82, 2.24) is 10.7 Å². The average Bonchev–Trinajstić information content (AvgIpc) is 2.52. The van der Waals surface area contributed by atoms with Crippen molar-refractivity contribution in [2.75, 3.05) is 6.54 Å². The zero-order valence-corrected chi connectivity index (χ0v) is 12.5. The van der Waals surface area contributed by atoms with Crippen LogP contribution in [0.15, 0.2) is 53.6 Å². The van der Waals surface area contributed by atoms with E-state index in [-0.39, 0.29) is 18.3 Å². The summed E-state index contributed by atoms with van der Waals surface area (Å²) in [5, 5.41) is 6.20. The highest BCUT2D eigenvalue weighted by Crippen LogP contribution is 2.03. The highest BCUT2D eigenvalue weighted by Gasteiger charge is 2.07. The Morgan fingerprint density at radius 1 is 1.17 bits per heavy atom. The van der Waals surface area contributed by atoms with Gasteiger partial charge in [0.05, 0.1) is 12.8 Å². The van der Waals surface area contributed by atoms with Crippen LogP contribution in [0.1, 0.15) is 21.5 Å². The van der Waals surface area contributed by atoms with Crippen LogP contribution in [-0.2, 0) is 4.79 Å². The lowest BCUT2D eigenvalue weighted by atomic mass is 10.1. The molecule has 118 valence electrons. The molecule has 23 heavy (non-hydrogen) atoms. The van der Waals surface area contributed by atoms with Crippen molar-refractivity contribution in [3.8, 4) is 0 Å². The molecule has 2 aromatic carbocycles. The minimum Gasteiger partial charge on any atom is -0.343 e. The third-order valence-electron chi connectivity index (χ3n) is 2.94. The molecule has 2 N–H and O–H groups in total. The van der Waals surface area contributed by atoms with Crippen LogP contribution in [0, 0.1) is 12.7 Å². The van der Waals surface area contributed by atoms with E-state index in [4.69, 9.17) is 0 Å². The fraction of sp³-hybridized carbons (Fsp3) is 0.118. The van der Waals surface area contributed by atoms with Crippen LogP contribution in [0.5, 0.6) is 0 Å². The van der Waals surface area contributed by atoms with Crippen LogP contribution < -0.4 is 10.7 Å².